The summed E-state index contributed by atoms with van der Waals surface area (Å²) in [5.74, 6) is 0.770. The number of ether oxygens (including phenoxy) is 1. The molecular weight excluding hydrogens is 230 g/mol. The van der Waals surface area contributed by atoms with Crippen molar-refractivity contribution in [3.8, 4) is 6.19 Å². The maximum atomic E-state index is 11.8. The Morgan fingerprint density at radius 1 is 1.33 bits per heavy atom. The second-order valence-electron chi connectivity index (χ2n) is 6.27. The predicted octanol–water partition coefficient (Wildman–Crippen LogP) is 1.70. The summed E-state index contributed by atoms with van der Waals surface area (Å²) < 4.78 is 5.29. The molecule has 1 amide bonds. The van der Waals surface area contributed by atoms with Gasteiger partial charge in [-0.1, -0.05) is 0 Å². The minimum Gasteiger partial charge on any atom is -0.444 e. The van der Waals surface area contributed by atoms with E-state index in [-0.39, 0.29) is 12.1 Å². The maximum Gasteiger partial charge on any atom is 0.407 e. The van der Waals surface area contributed by atoms with Crippen molar-refractivity contribution in [2.24, 2.45) is 11.8 Å². The van der Waals surface area contributed by atoms with Gasteiger partial charge < -0.3 is 15.0 Å². The number of carbonyl (C=O) groups is 1. The van der Waals surface area contributed by atoms with Crippen LogP contribution in [0.15, 0.2) is 0 Å². The Bertz CT molecular complexity index is 355. The van der Waals surface area contributed by atoms with E-state index in [4.69, 9.17) is 10.00 Å². The van der Waals surface area contributed by atoms with Crippen LogP contribution in [0.3, 0.4) is 0 Å². The largest absolute Gasteiger partial charge is 0.444 e. The van der Waals surface area contributed by atoms with Gasteiger partial charge >= 0.3 is 6.09 Å². The number of rotatable bonds is 1. The van der Waals surface area contributed by atoms with Crippen molar-refractivity contribution in [2.45, 2.75) is 45.3 Å². The molecule has 1 N–H and O–H groups in total. The van der Waals surface area contributed by atoms with Crippen molar-refractivity contribution in [1.82, 2.24) is 10.2 Å². The molecule has 5 heteroatoms. The van der Waals surface area contributed by atoms with E-state index in [0.717, 1.165) is 25.9 Å². The standard InChI is InChI=1S/C13H21N3O2/c1-13(2,3)18-12(17)15-11-9-4-5-10(11)7-16(6-9)8-14/h9-11H,4-7H2,1-3H3,(H,15,17)/t9-,10+,11-. The molecule has 2 fully saturated rings. The molecule has 1 saturated carbocycles. The van der Waals surface area contributed by atoms with Gasteiger partial charge in [-0.2, -0.15) is 5.26 Å². The van der Waals surface area contributed by atoms with Crippen molar-refractivity contribution in [3.05, 3.63) is 0 Å². The second-order valence-corrected chi connectivity index (χ2v) is 6.27. The number of carbonyl (C=O) groups excluding carboxylic acids is 1. The molecule has 0 spiro atoms. The fraction of sp³-hybridized carbons (Fsp3) is 0.846. The van der Waals surface area contributed by atoms with Gasteiger partial charge in [0.2, 0.25) is 0 Å². The van der Waals surface area contributed by atoms with Crippen LogP contribution in [-0.2, 0) is 4.74 Å². The highest BCUT2D eigenvalue weighted by molar-refractivity contribution is 5.68. The van der Waals surface area contributed by atoms with E-state index in [1.807, 2.05) is 20.8 Å². The van der Waals surface area contributed by atoms with Gasteiger partial charge in [0.1, 0.15) is 5.60 Å². The van der Waals surface area contributed by atoms with Crippen molar-refractivity contribution >= 4 is 6.09 Å². The van der Waals surface area contributed by atoms with Crippen molar-refractivity contribution < 1.29 is 9.53 Å². The summed E-state index contributed by atoms with van der Waals surface area (Å²) >= 11 is 0. The van der Waals surface area contributed by atoms with Gasteiger partial charge in [0.15, 0.2) is 6.19 Å². The molecule has 0 unspecified atom stereocenters. The highest BCUT2D eigenvalue weighted by Crippen LogP contribution is 2.36. The summed E-state index contributed by atoms with van der Waals surface area (Å²) in [5.41, 5.74) is -0.462. The first kappa shape index (κ1) is 13.0. The van der Waals surface area contributed by atoms with Gasteiger partial charge in [0, 0.05) is 19.1 Å². The Balaban J connectivity index is 1.92. The number of nitrogens with one attached hydrogen (secondary N) is 1. The molecule has 100 valence electrons. The third kappa shape index (κ3) is 2.87. The first-order valence-corrected chi connectivity index (χ1v) is 6.53. The molecule has 2 rings (SSSR count). The first-order chi connectivity index (χ1) is 8.39. The van der Waals surface area contributed by atoms with E-state index in [2.05, 4.69) is 11.5 Å². The molecular formula is C13H21N3O2. The molecule has 0 aromatic carbocycles. The molecule has 1 aliphatic heterocycles. The van der Waals surface area contributed by atoms with E-state index >= 15 is 0 Å². The van der Waals surface area contributed by atoms with Crippen LogP contribution < -0.4 is 5.32 Å². The van der Waals surface area contributed by atoms with Crippen molar-refractivity contribution in [1.29, 1.82) is 5.26 Å². The summed E-state index contributed by atoms with van der Waals surface area (Å²) in [5, 5.41) is 11.9. The molecule has 2 bridgehead atoms. The van der Waals surface area contributed by atoms with E-state index in [1.54, 1.807) is 4.90 Å². The Kier molecular flexibility index (Phi) is 3.38. The average molecular weight is 251 g/mol. The Morgan fingerprint density at radius 3 is 2.33 bits per heavy atom. The smallest absolute Gasteiger partial charge is 0.407 e. The van der Waals surface area contributed by atoms with Crippen LogP contribution in [0.1, 0.15) is 33.6 Å². The SMILES string of the molecule is CC(C)(C)OC(=O)N[C@@H]1[C@@H]2CC[C@H]1CN(C#N)C2. The third-order valence-corrected chi connectivity index (χ3v) is 3.66. The Labute approximate surface area is 108 Å². The molecule has 5 nitrogen and oxygen atoms in total. The van der Waals surface area contributed by atoms with E-state index in [9.17, 15) is 4.79 Å². The van der Waals surface area contributed by atoms with Gasteiger partial charge in [-0.05, 0) is 45.4 Å². The first-order valence-electron chi connectivity index (χ1n) is 6.53. The minimum absolute atomic E-state index is 0.171. The summed E-state index contributed by atoms with van der Waals surface area (Å²) in [6.45, 7) is 7.10. The van der Waals surface area contributed by atoms with Crippen LogP contribution in [0.25, 0.3) is 0 Å². The zero-order valence-corrected chi connectivity index (χ0v) is 11.3. The molecule has 1 saturated heterocycles. The third-order valence-electron chi connectivity index (χ3n) is 3.66. The van der Waals surface area contributed by atoms with Gasteiger partial charge in [-0.15, -0.1) is 0 Å². The summed E-state index contributed by atoms with van der Waals surface area (Å²) in [7, 11) is 0. The molecule has 3 atom stereocenters. The maximum absolute atomic E-state index is 11.8. The molecule has 1 heterocycles. The number of hydrogen-bond donors (Lipinski definition) is 1. The minimum atomic E-state index is -0.462. The van der Waals surface area contributed by atoms with Gasteiger partial charge in [0.05, 0.1) is 0 Å². The van der Waals surface area contributed by atoms with Crippen LogP contribution in [-0.4, -0.2) is 35.7 Å². The Morgan fingerprint density at radius 2 is 1.89 bits per heavy atom. The number of nitriles is 1. The lowest BCUT2D eigenvalue weighted by Crippen LogP contribution is -2.52. The molecule has 0 aromatic heterocycles. The number of alkyl carbamates (subject to hydrolysis) is 1. The molecule has 18 heavy (non-hydrogen) atoms. The monoisotopic (exact) mass is 251 g/mol. The number of piperidine rings is 1. The van der Waals surface area contributed by atoms with Gasteiger partial charge in [-0.25, -0.2) is 4.79 Å². The van der Waals surface area contributed by atoms with Crippen LogP contribution in [0, 0.1) is 23.3 Å². The van der Waals surface area contributed by atoms with E-state index in [0.29, 0.717) is 11.8 Å². The number of hydrogen-bond acceptors (Lipinski definition) is 4. The topological polar surface area (TPSA) is 65.4 Å². The quantitative estimate of drug-likeness (QED) is 0.720. The number of likely N-dealkylation sites (tertiary alicyclic amines) is 1. The number of nitrogens with zero attached hydrogens (tertiary/aromatic N) is 2. The molecule has 0 radical (unpaired) electrons. The highest BCUT2D eigenvalue weighted by atomic mass is 16.6. The predicted molar refractivity (Wildman–Crippen MR) is 66.6 cm³/mol. The fourth-order valence-corrected chi connectivity index (χ4v) is 2.98. The second kappa shape index (κ2) is 4.68. The molecule has 0 aromatic rings. The highest BCUT2D eigenvalue weighted by Gasteiger charge is 2.43. The fourth-order valence-electron chi connectivity index (χ4n) is 2.98. The van der Waals surface area contributed by atoms with Crippen LogP contribution in [0.5, 0.6) is 0 Å². The van der Waals surface area contributed by atoms with E-state index < -0.39 is 5.60 Å². The van der Waals surface area contributed by atoms with Gasteiger partial charge in [0.25, 0.3) is 0 Å². The molecule has 2 aliphatic rings. The molecule has 1 aliphatic carbocycles. The Hall–Kier alpha value is -1.44. The normalized spacial score (nSPS) is 30.8. The summed E-state index contributed by atoms with van der Waals surface area (Å²) in [4.78, 5) is 13.6. The average Bonchev–Trinajstić information content (AvgIpc) is 2.49. The van der Waals surface area contributed by atoms with Crippen molar-refractivity contribution in [3.63, 3.8) is 0 Å². The lowest BCUT2D eigenvalue weighted by Gasteiger charge is -2.35. The summed E-state index contributed by atoms with van der Waals surface area (Å²) in [6.07, 6.45) is 4.04. The zero-order chi connectivity index (χ0) is 13.3. The zero-order valence-electron chi connectivity index (χ0n) is 11.3. The van der Waals surface area contributed by atoms with Crippen molar-refractivity contribution in [2.75, 3.05) is 13.1 Å². The van der Waals surface area contributed by atoms with Crippen LogP contribution in [0.2, 0.25) is 0 Å². The lowest BCUT2D eigenvalue weighted by atomic mass is 9.93. The van der Waals surface area contributed by atoms with Crippen LogP contribution in [0.4, 0.5) is 4.79 Å². The lowest BCUT2D eigenvalue weighted by molar-refractivity contribution is 0.0445. The van der Waals surface area contributed by atoms with E-state index in [1.165, 1.54) is 0 Å². The number of fused-ring (bicyclic) bond motifs is 2. The van der Waals surface area contributed by atoms with Gasteiger partial charge in [-0.3, -0.25) is 0 Å². The number of amides is 1. The van der Waals surface area contributed by atoms with Crippen LogP contribution >= 0.6 is 0 Å². The summed E-state index contributed by atoms with van der Waals surface area (Å²) in [6, 6.07) is 0.171.